The summed E-state index contributed by atoms with van der Waals surface area (Å²) in [6.45, 7) is 0. The number of halogens is 1. The number of carbonyl (C=O) groups is 1. The number of benzene rings is 1. The molecule has 8 nitrogen and oxygen atoms in total. The molecule has 0 aliphatic carbocycles. The van der Waals surface area contributed by atoms with Crippen LogP contribution in [-0.2, 0) is 0 Å². The van der Waals surface area contributed by atoms with Crippen molar-refractivity contribution in [1.29, 1.82) is 0 Å². The van der Waals surface area contributed by atoms with Crippen LogP contribution in [0, 0.1) is 10.1 Å². The summed E-state index contributed by atoms with van der Waals surface area (Å²) in [5.74, 6) is -1.23. The fourth-order valence-electron chi connectivity index (χ4n) is 1.29. The Morgan fingerprint density at radius 1 is 1.30 bits per heavy atom. The van der Waals surface area contributed by atoms with Gasteiger partial charge in [0.15, 0.2) is 11.4 Å². The molecule has 1 N–H and O–H groups in total. The summed E-state index contributed by atoms with van der Waals surface area (Å²) in [4.78, 5) is 20.7. The second kappa shape index (κ2) is 5.49. The largest absolute Gasteiger partial charge is 0.476 e. The first-order valence-electron chi connectivity index (χ1n) is 5.16. The molecule has 20 heavy (non-hydrogen) atoms. The summed E-state index contributed by atoms with van der Waals surface area (Å²) in [5.41, 5.74) is -0.443. The van der Waals surface area contributed by atoms with Crippen LogP contribution in [0.2, 0.25) is 5.02 Å². The van der Waals surface area contributed by atoms with Crippen molar-refractivity contribution in [2.45, 2.75) is 0 Å². The first kappa shape index (κ1) is 13.7. The highest BCUT2D eigenvalue weighted by molar-refractivity contribution is 6.32. The van der Waals surface area contributed by atoms with Crippen LogP contribution in [-0.4, -0.2) is 26.2 Å². The Morgan fingerprint density at radius 2 is 2.05 bits per heavy atom. The van der Waals surface area contributed by atoms with E-state index in [1.165, 1.54) is 24.3 Å². The van der Waals surface area contributed by atoms with Gasteiger partial charge >= 0.3 is 5.97 Å². The predicted molar refractivity (Wildman–Crippen MR) is 67.2 cm³/mol. The fraction of sp³-hybridized carbons (Fsp3) is 0. The number of aromatic carboxylic acids is 1. The smallest absolute Gasteiger partial charge is 0.356 e. The lowest BCUT2D eigenvalue weighted by atomic mass is 10.3. The highest BCUT2D eigenvalue weighted by Crippen LogP contribution is 2.31. The predicted octanol–water partition coefficient (Wildman–Crippen LogP) is 2.53. The number of nitrogens with zero attached hydrogens (tertiary/aromatic N) is 3. The van der Waals surface area contributed by atoms with Crippen molar-refractivity contribution in [2.24, 2.45) is 0 Å². The summed E-state index contributed by atoms with van der Waals surface area (Å²) in [5, 5.41) is 26.4. The van der Waals surface area contributed by atoms with Crippen molar-refractivity contribution in [3.05, 3.63) is 51.2 Å². The minimum Gasteiger partial charge on any atom is -0.476 e. The summed E-state index contributed by atoms with van der Waals surface area (Å²) in [6, 6.07) is 6.14. The van der Waals surface area contributed by atoms with Gasteiger partial charge in [0.1, 0.15) is 0 Å². The van der Waals surface area contributed by atoms with Crippen LogP contribution in [0.4, 0.5) is 5.69 Å². The third kappa shape index (κ3) is 2.98. The number of aromatic nitrogens is 2. The zero-order chi connectivity index (χ0) is 14.7. The number of carboxylic acids is 1. The molecule has 2 rings (SSSR count). The molecule has 0 aliphatic heterocycles. The highest BCUT2D eigenvalue weighted by atomic mass is 35.5. The Kier molecular flexibility index (Phi) is 3.76. The first-order chi connectivity index (χ1) is 9.47. The molecule has 0 spiro atoms. The molecule has 0 atom stereocenters. The maximum atomic E-state index is 10.7. The van der Waals surface area contributed by atoms with E-state index in [4.69, 9.17) is 21.4 Å². The van der Waals surface area contributed by atoms with Crippen LogP contribution in [0.15, 0.2) is 30.3 Å². The number of carboxylic acid groups (broad SMARTS) is 1. The van der Waals surface area contributed by atoms with Crippen LogP contribution in [0.1, 0.15) is 10.5 Å². The quantitative estimate of drug-likeness (QED) is 0.680. The number of hydrogen-bond donors (Lipinski definition) is 1. The molecule has 0 saturated heterocycles. The number of nitro groups is 1. The minimum absolute atomic E-state index is 0.0261. The van der Waals surface area contributed by atoms with Gasteiger partial charge in [-0.2, -0.15) is 0 Å². The Hall–Kier alpha value is -2.74. The molecule has 2 aromatic rings. The fourth-order valence-corrected chi connectivity index (χ4v) is 1.44. The maximum Gasteiger partial charge on any atom is 0.356 e. The van der Waals surface area contributed by atoms with Crippen molar-refractivity contribution >= 4 is 23.3 Å². The lowest BCUT2D eigenvalue weighted by Crippen LogP contribution is -2.02. The number of hydrogen-bond acceptors (Lipinski definition) is 6. The van der Waals surface area contributed by atoms with Gasteiger partial charge in [0.05, 0.1) is 16.0 Å². The molecular weight excluding hydrogens is 290 g/mol. The molecule has 0 aliphatic rings. The number of rotatable bonds is 4. The van der Waals surface area contributed by atoms with Crippen molar-refractivity contribution in [3.8, 4) is 11.6 Å². The van der Waals surface area contributed by atoms with Gasteiger partial charge < -0.3 is 9.84 Å². The standard InChI is InChI=1S/C11H6ClN3O5/c12-7-2-1-6(15(18)19)5-9(7)20-10-4-3-8(11(16)17)13-14-10/h1-5H,(H,16,17). The van der Waals surface area contributed by atoms with E-state index in [0.717, 1.165) is 6.07 Å². The normalized spacial score (nSPS) is 10.1. The SMILES string of the molecule is O=C(O)c1ccc(Oc2cc([N+](=O)[O-])ccc2Cl)nn1. The Balaban J connectivity index is 2.27. The van der Waals surface area contributed by atoms with E-state index in [1.807, 2.05) is 0 Å². The third-order valence-electron chi connectivity index (χ3n) is 2.20. The molecule has 1 aromatic heterocycles. The molecule has 0 amide bonds. The molecular formula is C11H6ClN3O5. The Labute approximate surface area is 116 Å². The monoisotopic (exact) mass is 295 g/mol. The third-order valence-corrected chi connectivity index (χ3v) is 2.51. The molecule has 0 radical (unpaired) electrons. The second-order valence-corrected chi connectivity index (χ2v) is 3.94. The molecule has 0 fully saturated rings. The molecule has 0 bridgehead atoms. The van der Waals surface area contributed by atoms with E-state index in [1.54, 1.807) is 0 Å². The zero-order valence-corrected chi connectivity index (χ0v) is 10.4. The van der Waals surface area contributed by atoms with Crippen LogP contribution in [0.3, 0.4) is 0 Å². The van der Waals surface area contributed by atoms with E-state index in [2.05, 4.69) is 10.2 Å². The van der Waals surface area contributed by atoms with E-state index in [0.29, 0.717) is 0 Å². The van der Waals surface area contributed by atoms with Gasteiger partial charge in [0.2, 0.25) is 5.88 Å². The number of ether oxygens (including phenoxy) is 1. The molecule has 0 unspecified atom stereocenters. The summed E-state index contributed by atoms with van der Waals surface area (Å²) in [7, 11) is 0. The van der Waals surface area contributed by atoms with Gasteiger partial charge in [-0.1, -0.05) is 11.6 Å². The van der Waals surface area contributed by atoms with Crippen molar-refractivity contribution < 1.29 is 19.6 Å². The molecule has 1 heterocycles. The lowest BCUT2D eigenvalue weighted by molar-refractivity contribution is -0.384. The second-order valence-electron chi connectivity index (χ2n) is 3.54. The highest BCUT2D eigenvalue weighted by Gasteiger charge is 2.13. The molecule has 1 aromatic carbocycles. The van der Waals surface area contributed by atoms with E-state index >= 15 is 0 Å². The van der Waals surface area contributed by atoms with Crippen molar-refractivity contribution in [2.75, 3.05) is 0 Å². The lowest BCUT2D eigenvalue weighted by Gasteiger charge is -2.05. The zero-order valence-electron chi connectivity index (χ0n) is 9.69. The summed E-state index contributed by atoms with van der Waals surface area (Å²) in [6.07, 6.45) is 0. The minimum atomic E-state index is -1.22. The van der Waals surface area contributed by atoms with Gasteiger partial charge in [-0.25, -0.2) is 4.79 Å². The molecule has 0 saturated carbocycles. The van der Waals surface area contributed by atoms with Crippen LogP contribution in [0.5, 0.6) is 11.6 Å². The topological polar surface area (TPSA) is 115 Å². The van der Waals surface area contributed by atoms with Gasteiger partial charge in [0, 0.05) is 12.1 Å². The maximum absolute atomic E-state index is 10.7. The van der Waals surface area contributed by atoms with E-state index < -0.39 is 10.9 Å². The Bertz CT molecular complexity index is 674. The van der Waals surface area contributed by atoms with Gasteiger partial charge in [-0.15, -0.1) is 10.2 Å². The summed E-state index contributed by atoms with van der Waals surface area (Å²) < 4.78 is 5.23. The Morgan fingerprint density at radius 3 is 2.60 bits per heavy atom. The summed E-state index contributed by atoms with van der Waals surface area (Å²) >= 11 is 5.84. The average Bonchev–Trinajstić information content (AvgIpc) is 2.41. The number of nitro benzene ring substituents is 1. The van der Waals surface area contributed by atoms with E-state index in [9.17, 15) is 14.9 Å². The van der Waals surface area contributed by atoms with Crippen LogP contribution < -0.4 is 4.74 Å². The first-order valence-corrected chi connectivity index (χ1v) is 5.54. The van der Waals surface area contributed by atoms with Gasteiger partial charge in [-0.05, 0) is 12.1 Å². The van der Waals surface area contributed by atoms with E-state index in [-0.39, 0.29) is 28.0 Å². The van der Waals surface area contributed by atoms with Gasteiger partial charge in [0.25, 0.3) is 5.69 Å². The van der Waals surface area contributed by atoms with Crippen LogP contribution >= 0.6 is 11.6 Å². The number of non-ortho nitro benzene ring substituents is 1. The molecule has 9 heteroatoms. The van der Waals surface area contributed by atoms with Crippen molar-refractivity contribution in [3.63, 3.8) is 0 Å². The van der Waals surface area contributed by atoms with Gasteiger partial charge in [-0.3, -0.25) is 10.1 Å². The van der Waals surface area contributed by atoms with Crippen molar-refractivity contribution in [1.82, 2.24) is 10.2 Å². The van der Waals surface area contributed by atoms with Crippen LogP contribution in [0.25, 0.3) is 0 Å². The molecule has 102 valence electrons. The average molecular weight is 296 g/mol.